The minimum absolute atomic E-state index is 0.0818. The molecule has 0 saturated heterocycles. The number of anilines is 2. The fraction of sp³-hybridized carbons (Fsp3) is 0.533. The van der Waals surface area contributed by atoms with E-state index in [1.54, 1.807) is 0 Å². The Labute approximate surface area is 117 Å². The molecule has 0 aromatic heterocycles. The largest absolute Gasteiger partial charge is 0.397 e. The SMILES string of the molecule is Nc1cc(F)cc(F)c1NC(=O)C1CCCCCCC1. The highest BCUT2D eigenvalue weighted by Gasteiger charge is 2.21. The maximum Gasteiger partial charge on any atom is 0.227 e. The van der Waals surface area contributed by atoms with Gasteiger partial charge in [-0.15, -0.1) is 0 Å². The molecule has 110 valence electrons. The van der Waals surface area contributed by atoms with Gasteiger partial charge in [-0.1, -0.05) is 32.1 Å². The molecule has 3 nitrogen and oxygen atoms in total. The molecule has 0 unspecified atom stereocenters. The quantitative estimate of drug-likeness (QED) is 0.810. The molecule has 1 aliphatic rings. The molecule has 1 aliphatic carbocycles. The monoisotopic (exact) mass is 282 g/mol. The van der Waals surface area contributed by atoms with Crippen LogP contribution in [-0.2, 0) is 4.79 Å². The van der Waals surface area contributed by atoms with Gasteiger partial charge in [0.1, 0.15) is 11.5 Å². The Morgan fingerprint density at radius 1 is 1.10 bits per heavy atom. The summed E-state index contributed by atoms with van der Waals surface area (Å²) in [6.07, 6.45) is 7.14. The first kappa shape index (κ1) is 14.8. The van der Waals surface area contributed by atoms with Crippen LogP contribution in [0.2, 0.25) is 0 Å². The fourth-order valence-electron chi connectivity index (χ4n) is 2.67. The van der Waals surface area contributed by atoms with E-state index in [4.69, 9.17) is 5.73 Å². The number of amides is 1. The van der Waals surface area contributed by atoms with E-state index in [1.165, 1.54) is 6.42 Å². The Morgan fingerprint density at radius 2 is 1.70 bits per heavy atom. The molecule has 1 amide bonds. The van der Waals surface area contributed by atoms with Crippen molar-refractivity contribution in [2.24, 2.45) is 5.92 Å². The highest BCUT2D eigenvalue weighted by Crippen LogP contribution is 2.27. The van der Waals surface area contributed by atoms with Crippen LogP contribution in [0.4, 0.5) is 20.2 Å². The molecule has 20 heavy (non-hydrogen) atoms. The number of nitrogens with one attached hydrogen (secondary N) is 1. The van der Waals surface area contributed by atoms with Crippen LogP contribution in [0, 0.1) is 17.6 Å². The topological polar surface area (TPSA) is 55.1 Å². The second-order valence-electron chi connectivity index (χ2n) is 5.38. The molecule has 5 heteroatoms. The summed E-state index contributed by atoms with van der Waals surface area (Å²) in [5, 5.41) is 2.52. The number of carbonyl (C=O) groups excluding carboxylic acids is 1. The van der Waals surface area contributed by atoms with Crippen LogP contribution in [-0.4, -0.2) is 5.91 Å². The predicted octanol–water partition coefficient (Wildman–Crippen LogP) is 3.85. The lowest BCUT2D eigenvalue weighted by atomic mass is 9.90. The van der Waals surface area contributed by atoms with Gasteiger partial charge in [0.25, 0.3) is 0 Å². The van der Waals surface area contributed by atoms with Crippen LogP contribution < -0.4 is 11.1 Å². The van der Waals surface area contributed by atoms with E-state index in [9.17, 15) is 13.6 Å². The van der Waals surface area contributed by atoms with Gasteiger partial charge < -0.3 is 11.1 Å². The summed E-state index contributed by atoms with van der Waals surface area (Å²) in [6, 6.07) is 1.74. The highest BCUT2D eigenvalue weighted by atomic mass is 19.1. The molecule has 0 bridgehead atoms. The molecule has 1 fully saturated rings. The summed E-state index contributed by atoms with van der Waals surface area (Å²) >= 11 is 0. The summed E-state index contributed by atoms with van der Waals surface area (Å²) in [4.78, 5) is 12.2. The zero-order chi connectivity index (χ0) is 14.5. The number of hydrogen-bond acceptors (Lipinski definition) is 2. The average molecular weight is 282 g/mol. The number of nitrogens with two attached hydrogens (primary N) is 1. The van der Waals surface area contributed by atoms with Gasteiger partial charge in [0.2, 0.25) is 5.91 Å². The molecule has 0 atom stereocenters. The third-order valence-electron chi connectivity index (χ3n) is 3.81. The lowest BCUT2D eigenvalue weighted by Crippen LogP contribution is -2.24. The van der Waals surface area contributed by atoms with E-state index >= 15 is 0 Å². The lowest BCUT2D eigenvalue weighted by molar-refractivity contribution is -0.120. The van der Waals surface area contributed by atoms with E-state index in [-0.39, 0.29) is 23.2 Å². The van der Waals surface area contributed by atoms with Crippen molar-refractivity contribution in [3.63, 3.8) is 0 Å². The number of benzene rings is 1. The molecular weight excluding hydrogens is 262 g/mol. The van der Waals surface area contributed by atoms with Crippen molar-refractivity contribution >= 4 is 17.3 Å². The van der Waals surface area contributed by atoms with Crippen molar-refractivity contribution < 1.29 is 13.6 Å². The van der Waals surface area contributed by atoms with E-state index < -0.39 is 11.6 Å². The van der Waals surface area contributed by atoms with Crippen molar-refractivity contribution in [3.05, 3.63) is 23.8 Å². The van der Waals surface area contributed by atoms with Crippen LogP contribution >= 0.6 is 0 Å². The van der Waals surface area contributed by atoms with Crippen molar-refractivity contribution in [1.29, 1.82) is 0 Å². The summed E-state index contributed by atoms with van der Waals surface area (Å²) in [5.41, 5.74) is 5.37. The van der Waals surface area contributed by atoms with E-state index in [0.717, 1.165) is 50.7 Å². The Kier molecular flexibility index (Phi) is 4.93. The number of hydrogen-bond donors (Lipinski definition) is 2. The Balaban J connectivity index is 2.06. The van der Waals surface area contributed by atoms with Crippen LogP contribution in [0.1, 0.15) is 44.9 Å². The van der Waals surface area contributed by atoms with Gasteiger partial charge in [-0.3, -0.25) is 4.79 Å². The molecule has 1 aromatic rings. The van der Waals surface area contributed by atoms with Crippen molar-refractivity contribution in [1.82, 2.24) is 0 Å². The van der Waals surface area contributed by atoms with Gasteiger partial charge >= 0.3 is 0 Å². The standard InChI is InChI=1S/C15H20F2N2O/c16-11-8-12(17)14(13(18)9-11)19-15(20)10-6-4-2-1-3-5-7-10/h8-10H,1-7,18H2,(H,19,20). The van der Waals surface area contributed by atoms with E-state index in [0.29, 0.717) is 0 Å². The normalized spacial score (nSPS) is 17.3. The number of nitrogen functional groups attached to an aromatic ring is 1. The van der Waals surface area contributed by atoms with Gasteiger partial charge in [0, 0.05) is 12.0 Å². The fourth-order valence-corrected chi connectivity index (χ4v) is 2.67. The van der Waals surface area contributed by atoms with Gasteiger partial charge in [-0.05, 0) is 18.9 Å². The van der Waals surface area contributed by atoms with Crippen molar-refractivity contribution in [3.8, 4) is 0 Å². The molecule has 0 heterocycles. The molecule has 0 radical (unpaired) electrons. The summed E-state index contributed by atoms with van der Waals surface area (Å²) in [6.45, 7) is 0. The van der Waals surface area contributed by atoms with Gasteiger partial charge in [-0.2, -0.15) is 0 Å². The van der Waals surface area contributed by atoms with Gasteiger partial charge in [0.05, 0.1) is 5.69 Å². The third kappa shape index (κ3) is 3.68. The number of rotatable bonds is 2. The van der Waals surface area contributed by atoms with Crippen LogP contribution in [0.15, 0.2) is 12.1 Å². The zero-order valence-electron chi connectivity index (χ0n) is 11.4. The maximum absolute atomic E-state index is 13.6. The van der Waals surface area contributed by atoms with Gasteiger partial charge in [-0.25, -0.2) is 8.78 Å². The summed E-state index contributed by atoms with van der Waals surface area (Å²) in [7, 11) is 0. The van der Waals surface area contributed by atoms with E-state index in [2.05, 4.69) is 5.32 Å². The Bertz CT molecular complexity index is 460. The van der Waals surface area contributed by atoms with E-state index in [1.807, 2.05) is 0 Å². The molecule has 0 aliphatic heterocycles. The minimum Gasteiger partial charge on any atom is -0.397 e. The molecular formula is C15H20F2N2O. The summed E-state index contributed by atoms with van der Waals surface area (Å²) < 4.78 is 26.6. The van der Waals surface area contributed by atoms with Crippen LogP contribution in [0.5, 0.6) is 0 Å². The molecule has 1 aromatic carbocycles. The third-order valence-corrected chi connectivity index (χ3v) is 3.81. The first-order valence-corrected chi connectivity index (χ1v) is 7.13. The molecule has 1 saturated carbocycles. The molecule has 2 rings (SSSR count). The van der Waals surface area contributed by atoms with Crippen molar-refractivity contribution in [2.75, 3.05) is 11.1 Å². The van der Waals surface area contributed by atoms with Crippen LogP contribution in [0.25, 0.3) is 0 Å². The zero-order valence-corrected chi connectivity index (χ0v) is 11.4. The first-order valence-electron chi connectivity index (χ1n) is 7.13. The second kappa shape index (κ2) is 6.68. The van der Waals surface area contributed by atoms with Crippen molar-refractivity contribution in [2.45, 2.75) is 44.9 Å². The first-order chi connectivity index (χ1) is 9.58. The molecule has 0 spiro atoms. The molecule has 3 N–H and O–H groups in total. The maximum atomic E-state index is 13.6. The highest BCUT2D eigenvalue weighted by molar-refractivity contribution is 5.95. The average Bonchev–Trinajstić information content (AvgIpc) is 2.33. The smallest absolute Gasteiger partial charge is 0.227 e. The minimum atomic E-state index is -0.832. The second-order valence-corrected chi connectivity index (χ2v) is 5.38. The van der Waals surface area contributed by atoms with Crippen LogP contribution in [0.3, 0.4) is 0 Å². The number of halogens is 2. The lowest BCUT2D eigenvalue weighted by Gasteiger charge is -2.19. The van der Waals surface area contributed by atoms with Gasteiger partial charge in [0.15, 0.2) is 5.82 Å². The number of carbonyl (C=O) groups is 1. The Morgan fingerprint density at radius 3 is 2.30 bits per heavy atom. The Hall–Kier alpha value is -1.65. The predicted molar refractivity (Wildman–Crippen MR) is 75.2 cm³/mol. The summed E-state index contributed by atoms with van der Waals surface area (Å²) in [5.74, 6) is -1.91.